The molecule has 0 spiro atoms. The molecule has 0 fully saturated rings. The summed E-state index contributed by atoms with van der Waals surface area (Å²) in [6.45, 7) is 22.7. The Morgan fingerprint density at radius 1 is 0.439 bits per heavy atom. The fourth-order valence-electron chi connectivity index (χ4n) is 12.7. The zero-order chi connectivity index (χ0) is 57.3. The monoisotopic (exact) mass is 1120 g/mol. The van der Waals surface area contributed by atoms with Gasteiger partial charge in [-0.15, -0.1) is 22.7 Å². The lowest BCUT2D eigenvalue weighted by Gasteiger charge is -2.08. The number of unbranched alkanes of at least 4 members (excludes halogenated alkanes) is 6. The van der Waals surface area contributed by atoms with Crippen LogP contribution in [0.3, 0.4) is 0 Å². The number of thiophene rings is 2. The zero-order valence-corrected chi connectivity index (χ0v) is 51.9. The molecule has 8 bridgehead atoms. The number of aryl methyl sites for hydroxylation is 6. The maximum Gasteiger partial charge on any atom is 0.0977 e. The molecule has 10 rings (SSSR count). The minimum atomic E-state index is 0.832. The molecule has 82 heavy (non-hydrogen) atoms. The van der Waals surface area contributed by atoms with E-state index in [2.05, 4.69) is 168 Å². The van der Waals surface area contributed by atoms with E-state index in [-0.39, 0.29) is 0 Å². The first-order chi connectivity index (χ1) is 40.2. The van der Waals surface area contributed by atoms with Crippen LogP contribution in [-0.4, -0.2) is 29.9 Å². The molecule has 6 nitrogen and oxygen atoms in total. The molecule has 0 atom stereocenters. The Hall–Kier alpha value is -7.28. The van der Waals surface area contributed by atoms with Gasteiger partial charge in [0.1, 0.15) is 0 Å². The Kier molecular flexibility index (Phi) is 18.9. The quantitative estimate of drug-likeness (QED) is 0.0480. The maximum absolute atomic E-state index is 5.64. The summed E-state index contributed by atoms with van der Waals surface area (Å²) in [6, 6.07) is 22.1. The molecule has 0 unspecified atom stereocenters. The predicted octanol–water partition coefficient (Wildman–Crippen LogP) is 20.0. The molecular formula is C74H80N6S2. The van der Waals surface area contributed by atoms with Gasteiger partial charge in [0.15, 0.2) is 0 Å². The van der Waals surface area contributed by atoms with Crippen molar-refractivity contribution in [3.8, 4) is 45.3 Å². The first-order valence-corrected chi connectivity index (χ1v) is 32.5. The van der Waals surface area contributed by atoms with Crippen LogP contribution in [0.1, 0.15) is 223 Å². The molecule has 7 aromatic heterocycles. The number of fused-ring (bicyclic) bond motifs is 11. The average Bonchev–Trinajstić information content (AvgIpc) is 4.52. The summed E-state index contributed by atoms with van der Waals surface area (Å²) in [5, 5.41) is 2.08. The van der Waals surface area contributed by atoms with Crippen molar-refractivity contribution in [1.82, 2.24) is 29.9 Å². The largest absolute Gasteiger partial charge is 0.355 e. The van der Waals surface area contributed by atoms with Crippen molar-refractivity contribution in [3.63, 3.8) is 0 Å². The van der Waals surface area contributed by atoms with Crippen LogP contribution in [0.15, 0.2) is 73.1 Å². The molecule has 0 saturated carbocycles. The number of aromatic nitrogens is 6. The first kappa shape index (κ1) is 57.9. The molecule has 418 valence electrons. The van der Waals surface area contributed by atoms with Gasteiger partial charge in [-0.05, 0) is 211 Å². The highest BCUT2D eigenvalue weighted by molar-refractivity contribution is 7.23. The third-order valence-corrected chi connectivity index (χ3v) is 19.1. The fraction of sp³-hybridized carbons (Fsp3) is 0.378. The second kappa shape index (κ2) is 26.8. The number of benzene rings is 1. The van der Waals surface area contributed by atoms with Crippen LogP contribution in [0.2, 0.25) is 0 Å². The summed E-state index contributed by atoms with van der Waals surface area (Å²) in [5.74, 6) is 21.5. The lowest BCUT2D eigenvalue weighted by molar-refractivity contribution is 0.666. The zero-order valence-electron chi connectivity index (χ0n) is 50.3. The van der Waals surface area contributed by atoms with Gasteiger partial charge in [0.25, 0.3) is 0 Å². The fourth-order valence-corrected chi connectivity index (χ4v) is 15.1. The van der Waals surface area contributed by atoms with Crippen molar-refractivity contribution in [2.75, 3.05) is 0 Å². The van der Waals surface area contributed by atoms with E-state index in [1.807, 2.05) is 47.2 Å². The van der Waals surface area contributed by atoms with Crippen LogP contribution in [0, 0.1) is 35.5 Å². The molecule has 1 aromatic carbocycles. The molecule has 9 heterocycles. The van der Waals surface area contributed by atoms with Crippen LogP contribution in [0.4, 0.5) is 0 Å². The van der Waals surface area contributed by atoms with Crippen molar-refractivity contribution in [2.24, 2.45) is 0 Å². The number of pyridine rings is 2. The van der Waals surface area contributed by atoms with Crippen molar-refractivity contribution in [3.05, 3.63) is 150 Å². The second-order valence-corrected chi connectivity index (χ2v) is 23.9. The van der Waals surface area contributed by atoms with E-state index < -0.39 is 0 Å². The van der Waals surface area contributed by atoms with Crippen molar-refractivity contribution >= 4 is 88.8 Å². The van der Waals surface area contributed by atoms with Gasteiger partial charge in [-0.3, -0.25) is 9.97 Å². The van der Waals surface area contributed by atoms with Gasteiger partial charge in [0.05, 0.1) is 49.1 Å². The standard InChI is InChI=1S/C74H80N6S2/c1-11-21-23-25-31-49-42-51(81-73(49)74-50(32-26-24-22-12-2)43-52(82-74)38-37-47-41-48-33-29-39-75-69(48)72-61(47)36-30-40-76-72)34-27-28-35-62-70-59(19-9)57(17-7)67(79-70)45-65-55(15-5)53(13-3)63(77-65)44-64-54(14-4)56(16-6)66(78-64)46-68-58(18-8)60(20-10)71(62)80-68/h29-30,33,36,39-46,77-78H,11-26,31-32H2,1-10H3. The Balaban J connectivity index is 1.14. The number of allylic oxidation sites excluding steroid dienone is 4. The topological polar surface area (TPSA) is 83.1 Å². The minimum absolute atomic E-state index is 0.832. The van der Waals surface area contributed by atoms with Gasteiger partial charge in [0.2, 0.25) is 0 Å². The molecule has 0 aliphatic carbocycles. The maximum atomic E-state index is 5.64. The van der Waals surface area contributed by atoms with Crippen molar-refractivity contribution in [2.45, 2.75) is 185 Å². The molecule has 8 heteroatoms. The SMILES string of the molecule is CCCCCCc1cc(C#CC#Cc2c3nc(cc4[nH]c(cc5[nH]c(cc6nc2C(CC)=C6CC)c(CC)c5CC)c(CC)c4CC)C(CC)=C3CC)sc1-c1sc(C#Cc2cc3cccnc3c3ncccc23)cc1CCCCCC. The molecule has 8 aromatic rings. The molecule has 0 amide bonds. The normalized spacial score (nSPS) is 12.3. The van der Waals surface area contributed by atoms with E-state index in [4.69, 9.17) is 15.0 Å². The van der Waals surface area contributed by atoms with Crippen LogP contribution >= 0.6 is 22.7 Å². The smallest absolute Gasteiger partial charge is 0.0977 e. The number of nitrogens with one attached hydrogen (secondary N) is 2. The van der Waals surface area contributed by atoms with Crippen LogP contribution in [0.5, 0.6) is 0 Å². The summed E-state index contributed by atoms with van der Waals surface area (Å²) in [4.78, 5) is 33.4. The third-order valence-electron chi connectivity index (χ3n) is 16.7. The average molecular weight is 1120 g/mol. The van der Waals surface area contributed by atoms with Crippen LogP contribution in [0.25, 0.3) is 75.9 Å². The summed E-state index contributed by atoms with van der Waals surface area (Å²) in [6.07, 6.45) is 22.5. The number of hydrogen-bond donors (Lipinski definition) is 2. The van der Waals surface area contributed by atoms with Crippen LogP contribution in [-0.2, 0) is 38.5 Å². The van der Waals surface area contributed by atoms with Gasteiger partial charge in [-0.1, -0.05) is 126 Å². The first-order valence-electron chi connectivity index (χ1n) is 30.9. The number of aromatic amines is 2. The van der Waals surface area contributed by atoms with E-state index in [9.17, 15) is 0 Å². The van der Waals surface area contributed by atoms with E-state index in [1.54, 1.807) is 0 Å². The lowest BCUT2D eigenvalue weighted by atomic mass is 9.94. The highest BCUT2D eigenvalue weighted by Gasteiger charge is 2.27. The number of hydrogen-bond acceptors (Lipinski definition) is 6. The van der Waals surface area contributed by atoms with Gasteiger partial charge in [-0.25, -0.2) is 9.97 Å². The number of nitrogens with zero attached hydrogens (tertiary/aromatic N) is 4. The number of H-pyrrole nitrogens is 2. The molecule has 0 radical (unpaired) electrons. The van der Waals surface area contributed by atoms with Gasteiger partial charge in [0, 0.05) is 60.6 Å². The molecule has 0 saturated heterocycles. The van der Waals surface area contributed by atoms with E-state index in [1.165, 1.54) is 115 Å². The molecule has 2 aliphatic rings. The Bertz CT molecular complexity index is 4020. The molecule has 2 aliphatic heterocycles. The Morgan fingerprint density at radius 3 is 1.41 bits per heavy atom. The summed E-state index contributed by atoms with van der Waals surface area (Å²) < 4.78 is 0. The van der Waals surface area contributed by atoms with E-state index in [0.717, 1.165) is 154 Å². The highest BCUT2D eigenvalue weighted by atomic mass is 32.1. The van der Waals surface area contributed by atoms with Crippen molar-refractivity contribution in [1.29, 1.82) is 0 Å². The second-order valence-electron chi connectivity index (χ2n) is 21.8. The Labute approximate surface area is 495 Å². The molecular weight excluding hydrogens is 1040 g/mol. The molecule has 2 N–H and O–H groups in total. The highest BCUT2D eigenvalue weighted by Crippen LogP contribution is 2.44. The van der Waals surface area contributed by atoms with E-state index >= 15 is 0 Å². The van der Waals surface area contributed by atoms with Gasteiger partial charge in [-0.2, -0.15) is 0 Å². The lowest BCUT2D eigenvalue weighted by Crippen LogP contribution is -1.95. The predicted molar refractivity (Wildman–Crippen MR) is 353 cm³/mol. The van der Waals surface area contributed by atoms with E-state index in [0.29, 0.717) is 0 Å². The van der Waals surface area contributed by atoms with Gasteiger partial charge < -0.3 is 9.97 Å². The van der Waals surface area contributed by atoms with Crippen LogP contribution < -0.4 is 0 Å². The van der Waals surface area contributed by atoms with Gasteiger partial charge >= 0.3 is 0 Å². The Morgan fingerprint density at radius 2 is 0.915 bits per heavy atom. The summed E-state index contributed by atoms with van der Waals surface area (Å²) in [5.41, 5.74) is 25.4. The summed E-state index contributed by atoms with van der Waals surface area (Å²) in [7, 11) is 0. The minimum Gasteiger partial charge on any atom is -0.355 e. The number of rotatable bonds is 19. The third kappa shape index (κ3) is 11.7. The van der Waals surface area contributed by atoms with Crippen molar-refractivity contribution < 1.29 is 0 Å². The summed E-state index contributed by atoms with van der Waals surface area (Å²) >= 11 is 3.66.